The summed E-state index contributed by atoms with van der Waals surface area (Å²) in [4.78, 5) is 21.8. The highest BCUT2D eigenvalue weighted by atomic mass is 35.5. The van der Waals surface area contributed by atoms with Gasteiger partial charge in [0.05, 0.1) is 22.2 Å². The van der Waals surface area contributed by atoms with Crippen LogP contribution in [0.4, 0.5) is 38.8 Å². The summed E-state index contributed by atoms with van der Waals surface area (Å²) in [6, 6.07) is 0.978. The molecular weight excluding hydrogens is 584 g/mol. The van der Waals surface area contributed by atoms with E-state index in [9.17, 15) is 48.2 Å². The van der Waals surface area contributed by atoms with Crippen LogP contribution in [0.1, 0.15) is 30.5 Å². The molecule has 1 unspecified atom stereocenters. The maximum atomic E-state index is 14.4. The van der Waals surface area contributed by atoms with Gasteiger partial charge in [0.15, 0.2) is 11.1 Å². The number of amides is 1. The first-order valence-electron chi connectivity index (χ1n) is 10.0. The summed E-state index contributed by atoms with van der Waals surface area (Å²) in [6.07, 6.45) is -1.13. The van der Waals surface area contributed by atoms with Gasteiger partial charge in [-0.15, -0.1) is 0 Å². The number of carboxylic acid groups (broad SMARTS) is 1. The summed E-state index contributed by atoms with van der Waals surface area (Å²) < 4.78 is 101. The van der Waals surface area contributed by atoms with Crippen LogP contribution in [-0.2, 0) is 14.9 Å². The van der Waals surface area contributed by atoms with Crippen LogP contribution in [-0.4, -0.2) is 39.5 Å². The fourth-order valence-electron chi connectivity index (χ4n) is 3.66. The molecule has 2 saturated carbocycles. The molecule has 2 aliphatic carbocycles. The highest BCUT2D eigenvalue weighted by Crippen LogP contribution is 3.02. The third kappa shape index (κ3) is 4.75. The van der Waals surface area contributed by atoms with Gasteiger partial charge in [-0.25, -0.2) is 18.3 Å². The minimum absolute atomic E-state index is 0.0336. The second-order valence-corrected chi connectivity index (χ2v) is 11.8. The molecule has 1 heterocycles. The van der Waals surface area contributed by atoms with Gasteiger partial charge in [-0.3, -0.25) is 10.1 Å². The van der Waals surface area contributed by atoms with Crippen molar-refractivity contribution in [3.05, 3.63) is 33.4 Å². The lowest BCUT2D eigenvalue weighted by Gasteiger charge is -2.40. The number of aliphatic carboxylic acids is 1. The number of ether oxygens (including phenoxy) is 1. The highest BCUT2D eigenvalue weighted by molar-refractivity contribution is 8.45. The van der Waals surface area contributed by atoms with E-state index in [4.69, 9.17) is 27.9 Å². The average Bonchev–Trinajstić information content (AvgIpc) is 3.62. The van der Waals surface area contributed by atoms with Gasteiger partial charge in [0.1, 0.15) is 22.5 Å². The molecule has 0 bridgehead atoms. The van der Waals surface area contributed by atoms with Gasteiger partial charge in [-0.05, 0) is 30.9 Å². The fourth-order valence-corrected chi connectivity index (χ4v) is 5.11. The number of carbonyl (C=O) groups excluding carboxylic acids is 1. The summed E-state index contributed by atoms with van der Waals surface area (Å²) in [5, 5.41) is 22.4. The number of carbonyl (C=O) groups is 2. The lowest BCUT2D eigenvalue weighted by atomic mass is 9.94. The van der Waals surface area contributed by atoms with Crippen molar-refractivity contribution in [3.8, 4) is 11.8 Å². The molecule has 1 aromatic carbocycles. The number of alkyl halides is 2. The molecule has 2 N–H and O–H groups in total. The van der Waals surface area contributed by atoms with E-state index in [1.165, 1.54) is 6.07 Å². The highest BCUT2D eigenvalue weighted by Gasteiger charge is 2.79. The van der Waals surface area contributed by atoms with Crippen molar-refractivity contribution in [2.45, 2.75) is 35.5 Å². The molecule has 2 aliphatic rings. The molecule has 8 nitrogen and oxygen atoms in total. The summed E-state index contributed by atoms with van der Waals surface area (Å²) in [5.74, 6) is -6.92. The Hall–Kier alpha value is -2.90. The van der Waals surface area contributed by atoms with Crippen LogP contribution in [0.15, 0.2) is 17.0 Å². The van der Waals surface area contributed by atoms with Crippen LogP contribution < -0.4 is 5.32 Å². The summed E-state index contributed by atoms with van der Waals surface area (Å²) in [7, 11) is -10.3. The van der Waals surface area contributed by atoms with Crippen LogP contribution >= 0.6 is 33.4 Å². The number of hydrogen-bond acceptors (Lipinski definition) is 5. The molecule has 1 amide bonds. The van der Waals surface area contributed by atoms with Crippen molar-refractivity contribution >= 4 is 51.3 Å². The minimum Gasteiger partial charge on any atom is -0.480 e. The topological polar surface area (TPSA) is 117 Å². The number of hydrogen-bond donors (Lipinski definition) is 2. The summed E-state index contributed by atoms with van der Waals surface area (Å²) >= 11 is 11.6. The SMILES string of the molecule is N#Cc1nn(-c2c(Cl)cc(S(F)(F)(F)(F)F)cc2Cl)c(NC(=O)OCC2CC2)c1C1(C(=O)O)CC1(F)F. The van der Waals surface area contributed by atoms with Crippen molar-refractivity contribution in [1.29, 1.82) is 5.26 Å². The minimum atomic E-state index is -10.3. The lowest BCUT2D eigenvalue weighted by Crippen LogP contribution is -2.30. The monoisotopic (exact) mass is 596 g/mol. The molecule has 0 aliphatic heterocycles. The predicted molar refractivity (Wildman–Crippen MR) is 116 cm³/mol. The molecule has 0 spiro atoms. The average molecular weight is 597 g/mol. The van der Waals surface area contributed by atoms with Gasteiger partial charge in [-0.2, -0.15) is 10.4 Å². The number of anilines is 1. The Kier molecular flexibility index (Phi) is 5.56. The number of nitrogens with zero attached hydrogens (tertiary/aromatic N) is 3. The van der Waals surface area contributed by atoms with Crippen LogP contribution in [0.2, 0.25) is 10.0 Å². The maximum absolute atomic E-state index is 14.4. The largest absolute Gasteiger partial charge is 0.480 e. The molecule has 4 rings (SSSR count). The van der Waals surface area contributed by atoms with E-state index < -0.39 is 77.7 Å². The fraction of sp³-hybridized carbons (Fsp3) is 0.368. The van der Waals surface area contributed by atoms with Crippen LogP contribution in [0, 0.1) is 17.2 Å². The van der Waals surface area contributed by atoms with Crippen molar-refractivity contribution in [3.63, 3.8) is 0 Å². The Morgan fingerprint density at radius 1 is 1.22 bits per heavy atom. The zero-order chi connectivity index (χ0) is 27.8. The number of nitriles is 1. The predicted octanol–water partition coefficient (Wildman–Crippen LogP) is 7.03. The first kappa shape index (κ1) is 27.1. The van der Waals surface area contributed by atoms with Crippen molar-refractivity contribution in [2.24, 2.45) is 5.92 Å². The van der Waals surface area contributed by atoms with Gasteiger partial charge in [-0.1, -0.05) is 42.6 Å². The molecule has 2 aromatic rings. The molecule has 2 fully saturated rings. The third-order valence-corrected chi connectivity index (χ3v) is 7.49. The molecule has 18 heteroatoms. The summed E-state index contributed by atoms with van der Waals surface area (Å²) in [6.45, 7) is -0.0965. The van der Waals surface area contributed by atoms with Gasteiger partial charge in [0, 0.05) is 6.42 Å². The molecule has 1 atom stereocenters. The Labute approximate surface area is 212 Å². The number of rotatable bonds is 7. The second kappa shape index (κ2) is 7.58. The Bertz CT molecular complexity index is 1380. The van der Waals surface area contributed by atoms with E-state index in [1.807, 2.05) is 5.32 Å². The number of benzene rings is 1. The van der Waals surface area contributed by atoms with Crippen molar-refractivity contribution in [2.75, 3.05) is 11.9 Å². The van der Waals surface area contributed by atoms with Gasteiger partial charge >= 0.3 is 22.3 Å². The van der Waals surface area contributed by atoms with E-state index >= 15 is 0 Å². The molecule has 37 heavy (non-hydrogen) atoms. The van der Waals surface area contributed by atoms with Gasteiger partial charge < -0.3 is 9.84 Å². The van der Waals surface area contributed by atoms with E-state index in [0.29, 0.717) is 4.68 Å². The van der Waals surface area contributed by atoms with Crippen LogP contribution in [0.3, 0.4) is 0 Å². The van der Waals surface area contributed by atoms with Gasteiger partial charge in [0.25, 0.3) is 5.92 Å². The quantitative estimate of drug-likeness (QED) is 0.331. The molecule has 202 valence electrons. The van der Waals surface area contributed by atoms with Crippen molar-refractivity contribution in [1.82, 2.24) is 9.78 Å². The Morgan fingerprint density at radius 3 is 2.16 bits per heavy atom. The van der Waals surface area contributed by atoms with Gasteiger partial charge in [0.2, 0.25) is 0 Å². The van der Waals surface area contributed by atoms with E-state index in [1.54, 1.807) is 0 Å². The Balaban J connectivity index is 1.94. The van der Waals surface area contributed by atoms with Crippen LogP contribution in [0.5, 0.6) is 0 Å². The molecule has 0 saturated heterocycles. The normalized spacial score (nSPS) is 22.4. The standard InChI is InChI=1S/C19H13Cl2F7N4O4S/c20-10-3-9(37(24,25,26,27)28)4-11(21)14(10)32-15(30-17(35)36-6-8-1-2-8)13(12(5-29)31-32)18(16(33)34)7-19(18,22)23/h3-4,8H,1-2,6-7H2,(H,30,35)(H,33,34). The maximum Gasteiger partial charge on any atom is 0.412 e. The van der Waals surface area contributed by atoms with E-state index in [0.717, 1.165) is 12.8 Å². The number of carboxylic acids is 1. The van der Waals surface area contributed by atoms with E-state index in [-0.39, 0.29) is 24.7 Å². The molecule has 0 radical (unpaired) electrons. The Morgan fingerprint density at radius 2 is 1.76 bits per heavy atom. The molecule has 1 aromatic heterocycles. The van der Waals surface area contributed by atoms with Crippen molar-refractivity contribution < 1.29 is 47.6 Å². The number of aromatic nitrogens is 2. The molecular formula is C19H13Cl2F7N4O4S. The number of nitrogens with one attached hydrogen (secondary N) is 1. The summed E-state index contributed by atoms with van der Waals surface area (Å²) in [5.41, 5.74) is -5.86. The second-order valence-electron chi connectivity index (χ2n) is 8.56. The smallest absolute Gasteiger partial charge is 0.412 e. The van der Waals surface area contributed by atoms with Crippen LogP contribution in [0.25, 0.3) is 5.69 Å². The zero-order valence-corrected chi connectivity index (χ0v) is 20.2. The zero-order valence-electron chi connectivity index (χ0n) is 17.9. The first-order valence-corrected chi connectivity index (χ1v) is 12.7. The first-order chi connectivity index (χ1) is 16.7. The lowest BCUT2D eigenvalue weighted by molar-refractivity contribution is -0.142. The van der Waals surface area contributed by atoms with E-state index in [2.05, 4.69) is 5.10 Å². The number of halogens is 9. The third-order valence-electron chi connectivity index (χ3n) is 5.78.